The minimum Gasteiger partial charge on any atom is -0.392 e. The molecule has 1 aliphatic heterocycles. The SMILES string of the molecule is Cc1cc(F)ccc1CC(O)C1SCCSC1C. The maximum absolute atomic E-state index is 13.0. The number of benzene rings is 1. The maximum Gasteiger partial charge on any atom is 0.123 e. The van der Waals surface area contributed by atoms with Crippen LogP contribution in [0.1, 0.15) is 18.1 Å². The highest BCUT2D eigenvalue weighted by atomic mass is 32.2. The first-order chi connectivity index (χ1) is 8.58. The summed E-state index contributed by atoms with van der Waals surface area (Å²) in [5.41, 5.74) is 1.97. The highest BCUT2D eigenvalue weighted by Gasteiger charge is 2.29. The van der Waals surface area contributed by atoms with Crippen molar-refractivity contribution >= 4 is 23.5 Å². The van der Waals surface area contributed by atoms with Gasteiger partial charge in [0.05, 0.1) is 6.10 Å². The van der Waals surface area contributed by atoms with Crippen LogP contribution in [0.5, 0.6) is 0 Å². The van der Waals surface area contributed by atoms with Gasteiger partial charge >= 0.3 is 0 Å². The van der Waals surface area contributed by atoms with Crippen LogP contribution in [0.15, 0.2) is 18.2 Å². The molecule has 2 rings (SSSR count). The lowest BCUT2D eigenvalue weighted by Gasteiger charge is -2.31. The van der Waals surface area contributed by atoms with Crippen molar-refractivity contribution in [2.45, 2.75) is 36.9 Å². The van der Waals surface area contributed by atoms with E-state index in [9.17, 15) is 9.50 Å². The lowest BCUT2D eigenvalue weighted by Crippen LogP contribution is -2.36. The summed E-state index contributed by atoms with van der Waals surface area (Å²) in [7, 11) is 0. The van der Waals surface area contributed by atoms with Crippen molar-refractivity contribution in [3.8, 4) is 0 Å². The molecule has 1 nitrogen and oxygen atoms in total. The molecule has 0 spiro atoms. The fraction of sp³-hybridized carbons (Fsp3) is 0.571. The van der Waals surface area contributed by atoms with Gasteiger partial charge in [-0.2, -0.15) is 23.5 Å². The van der Waals surface area contributed by atoms with Crippen LogP contribution < -0.4 is 0 Å². The summed E-state index contributed by atoms with van der Waals surface area (Å²) in [5, 5.41) is 11.1. The number of aliphatic hydroxyl groups excluding tert-OH is 1. The van der Waals surface area contributed by atoms with Crippen molar-refractivity contribution < 1.29 is 9.50 Å². The third-order valence-corrected chi connectivity index (χ3v) is 6.59. The lowest BCUT2D eigenvalue weighted by atomic mass is 10.00. The van der Waals surface area contributed by atoms with Gasteiger partial charge in [0.1, 0.15) is 5.82 Å². The summed E-state index contributed by atoms with van der Waals surface area (Å²) < 4.78 is 13.0. The molecule has 1 heterocycles. The Morgan fingerprint density at radius 2 is 2.11 bits per heavy atom. The summed E-state index contributed by atoms with van der Waals surface area (Å²) >= 11 is 3.79. The molecule has 0 aliphatic carbocycles. The Hall–Kier alpha value is -0.190. The molecule has 0 amide bonds. The van der Waals surface area contributed by atoms with E-state index in [0.717, 1.165) is 16.9 Å². The molecule has 1 aliphatic rings. The van der Waals surface area contributed by atoms with Gasteiger partial charge in [-0.1, -0.05) is 13.0 Å². The zero-order valence-electron chi connectivity index (χ0n) is 10.7. The maximum atomic E-state index is 13.0. The normalized spacial score (nSPS) is 26.0. The van der Waals surface area contributed by atoms with Gasteiger partial charge < -0.3 is 5.11 Å². The van der Waals surface area contributed by atoms with Crippen LogP contribution in [0, 0.1) is 12.7 Å². The molecule has 3 atom stereocenters. The van der Waals surface area contributed by atoms with Crippen LogP contribution in [-0.2, 0) is 6.42 Å². The lowest BCUT2D eigenvalue weighted by molar-refractivity contribution is 0.171. The van der Waals surface area contributed by atoms with Gasteiger partial charge in [-0.25, -0.2) is 4.39 Å². The minimum absolute atomic E-state index is 0.207. The molecule has 0 bridgehead atoms. The first-order valence-corrected chi connectivity index (χ1v) is 8.34. The fourth-order valence-corrected chi connectivity index (χ4v) is 5.15. The van der Waals surface area contributed by atoms with E-state index in [1.807, 2.05) is 30.4 Å². The zero-order chi connectivity index (χ0) is 13.1. The third-order valence-electron chi connectivity index (χ3n) is 3.35. The Balaban J connectivity index is 2.03. The van der Waals surface area contributed by atoms with E-state index in [-0.39, 0.29) is 17.2 Å². The predicted molar refractivity (Wildman–Crippen MR) is 79.0 cm³/mol. The van der Waals surface area contributed by atoms with Gasteiger partial charge in [0, 0.05) is 22.0 Å². The Kier molecular flexibility index (Phi) is 4.98. The van der Waals surface area contributed by atoms with Crippen LogP contribution in [0.2, 0.25) is 0 Å². The molecule has 1 aromatic rings. The number of hydrogen-bond donors (Lipinski definition) is 1. The van der Waals surface area contributed by atoms with E-state index in [1.165, 1.54) is 17.9 Å². The second kappa shape index (κ2) is 6.31. The second-order valence-corrected chi connectivity index (χ2v) is 7.52. The molecule has 1 saturated heterocycles. The van der Waals surface area contributed by atoms with Crippen molar-refractivity contribution in [1.29, 1.82) is 0 Å². The topological polar surface area (TPSA) is 20.2 Å². The second-order valence-electron chi connectivity index (χ2n) is 4.75. The van der Waals surface area contributed by atoms with Crippen molar-refractivity contribution in [1.82, 2.24) is 0 Å². The Labute approximate surface area is 117 Å². The fourth-order valence-electron chi connectivity index (χ4n) is 2.30. The number of rotatable bonds is 3. The van der Waals surface area contributed by atoms with Crippen LogP contribution in [0.25, 0.3) is 0 Å². The number of thioether (sulfide) groups is 2. The number of aryl methyl sites for hydroxylation is 1. The first-order valence-electron chi connectivity index (χ1n) is 6.24. The Bertz CT molecular complexity index is 411. The van der Waals surface area contributed by atoms with E-state index >= 15 is 0 Å². The average molecular weight is 286 g/mol. The van der Waals surface area contributed by atoms with Gasteiger partial charge in [0.25, 0.3) is 0 Å². The van der Waals surface area contributed by atoms with E-state index in [2.05, 4.69) is 6.92 Å². The minimum atomic E-state index is -0.345. The highest BCUT2D eigenvalue weighted by Crippen LogP contribution is 2.34. The Morgan fingerprint density at radius 3 is 2.78 bits per heavy atom. The van der Waals surface area contributed by atoms with E-state index in [1.54, 1.807) is 6.07 Å². The monoisotopic (exact) mass is 286 g/mol. The molecule has 0 saturated carbocycles. The first kappa shape index (κ1) is 14.2. The molecule has 1 N–H and O–H groups in total. The summed E-state index contributed by atoms with van der Waals surface area (Å²) in [4.78, 5) is 0. The molecule has 1 fully saturated rings. The molecular formula is C14H19FOS2. The zero-order valence-corrected chi connectivity index (χ0v) is 12.4. The summed E-state index contributed by atoms with van der Waals surface area (Å²) in [5.74, 6) is 2.07. The quantitative estimate of drug-likeness (QED) is 0.921. The van der Waals surface area contributed by atoms with Gasteiger partial charge in [-0.15, -0.1) is 0 Å². The molecule has 1 aromatic carbocycles. The summed E-state index contributed by atoms with van der Waals surface area (Å²) in [6.45, 7) is 4.08. The molecule has 100 valence electrons. The van der Waals surface area contributed by atoms with E-state index in [0.29, 0.717) is 11.7 Å². The van der Waals surface area contributed by atoms with Gasteiger partial charge in [-0.3, -0.25) is 0 Å². The van der Waals surface area contributed by atoms with Crippen molar-refractivity contribution in [2.75, 3.05) is 11.5 Å². The standard InChI is InChI=1S/C14H19FOS2/c1-9-7-12(15)4-3-11(9)8-13(16)14-10(2)17-5-6-18-14/h3-4,7,10,13-14,16H,5-6,8H2,1-2H3. The summed E-state index contributed by atoms with van der Waals surface area (Å²) in [6.07, 6.45) is 0.274. The molecule has 0 radical (unpaired) electrons. The van der Waals surface area contributed by atoms with E-state index in [4.69, 9.17) is 0 Å². The largest absolute Gasteiger partial charge is 0.392 e. The summed E-state index contributed by atoms with van der Waals surface area (Å²) in [6, 6.07) is 4.80. The van der Waals surface area contributed by atoms with Crippen LogP contribution in [-0.4, -0.2) is 33.2 Å². The van der Waals surface area contributed by atoms with Crippen LogP contribution in [0.3, 0.4) is 0 Å². The van der Waals surface area contributed by atoms with Crippen molar-refractivity contribution in [2.24, 2.45) is 0 Å². The molecule has 4 heteroatoms. The predicted octanol–water partition coefficient (Wildman–Crippen LogP) is 3.27. The Morgan fingerprint density at radius 1 is 1.39 bits per heavy atom. The van der Waals surface area contributed by atoms with Crippen molar-refractivity contribution in [3.63, 3.8) is 0 Å². The van der Waals surface area contributed by atoms with E-state index < -0.39 is 0 Å². The average Bonchev–Trinajstić information content (AvgIpc) is 2.33. The number of aliphatic hydroxyl groups is 1. The highest BCUT2D eigenvalue weighted by molar-refractivity contribution is 8.07. The smallest absolute Gasteiger partial charge is 0.123 e. The number of hydrogen-bond acceptors (Lipinski definition) is 3. The van der Waals surface area contributed by atoms with Crippen molar-refractivity contribution in [3.05, 3.63) is 35.1 Å². The van der Waals surface area contributed by atoms with Crippen LogP contribution in [0.4, 0.5) is 4.39 Å². The van der Waals surface area contributed by atoms with Gasteiger partial charge in [0.2, 0.25) is 0 Å². The van der Waals surface area contributed by atoms with Gasteiger partial charge in [-0.05, 0) is 36.6 Å². The molecule has 0 aromatic heterocycles. The molecule has 3 unspecified atom stereocenters. The number of halogens is 1. The van der Waals surface area contributed by atoms with Gasteiger partial charge in [0.15, 0.2) is 0 Å². The molecule has 18 heavy (non-hydrogen) atoms. The van der Waals surface area contributed by atoms with Crippen LogP contribution >= 0.6 is 23.5 Å². The third kappa shape index (κ3) is 3.43. The molecular weight excluding hydrogens is 267 g/mol.